The van der Waals surface area contributed by atoms with Crippen molar-refractivity contribution in [1.82, 2.24) is 0 Å². The number of amides is 2. The van der Waals surface area contributed by atoms with E-state index in [0.717, 1.165) is 5.69 Å². The summed E-state index contributed by atoms with van der Waals surface area (Å²) in [5.74, 6) is 0.224. The Labute approximate surface area is 128 Å². The van der Waals surface area contributed by atoms with Gasteiger partial charge in [0.15, 0.2) is 0 Å². The van der Waals surface area contributed by atoms with Gasteiger partial charge in [0, 0.05) is 5.69 Å². The standard InChI is InChI=1S/C17H16N2O3/c1-22-15-9-7-14(8-10-15)19-16(20)11-18(12-17(19)21)13-5-3-2-4-6-13/h2-10H,11-12H2,1H3. The van der Waals surface area contributed by atoms with E-state index in [1.54, 1.807) is 36.3 Å². The molecular formula is C17H16N2O3. The number of piperazine rings is 1. The number of benzene rings is 2. The SMILES string of the molecule is COc1ccc(N2C(=O)CN(c3ccccc3)CC2=O)cc1. The smallest absolute Gasteiger partial charge is 0.253 e. The molecule has 1 heterocycles. The number of hydrogen-bond donors (Lipinski definition) is 0. The van der Waals surface area contributed by atoms with E-state index in [1.807, 2.05) is 30.3 Å². The van der Waals surface area contributed by atoms with Crippen molar-refractivity contribution >= 4 is 23.2 Å². The average Bonchev–Trinajstić information content (AvgIpc) is 2.55. The minimum Gasteiger partial charge on any atom is -0.497 e. The Kier molecular flexibility index (Phi) is 3.78. The summed E-state index contributed by atoms with van der Waals surface area (Å²) in [4.78, 5) is 27.8. The summed E-state index contributed by atoms with van der Waals surface area (Å²) in [7, 11) is 1.57. The molecule has 5 nitrogen and oxygen atoms in total. The van der Waals surface area contributed by atoms with E-state index in [0.29, 0.717) is 11.4 Å². The van der Waals surface area contributed by atoms with Crippen LogP contribution in [0.2, 0.25) is 0 Å². The van der Waals surface area contributed by atoms with Gasteiger partial charge in [0.1, 0.15) is 5.75 Å². The van der Waals surface area contributed by atoms with Crippen molar-refractivity contribution in [2.24, 2.45) is 0 Å². The topological polar surface area (TPSA) is 49.9 Å². The maximum Gasteiger partial charge on any atom is 0.253 e. The normalized spacial score (nSPS) is 15.1. The number of anilines is 2. The van der Waals surface area contributed by atoms with Gasteiger partial charge in [-0.1, -0.05) is 18.2 Å². The van der Waals surface area contributed by atoms with Gasteiger partial charge in [0.05, 0.1) is 25.9 Å². The molecule has 3 rings (SSSR count). The third-order valence-electron chi connectivity index (χ3n) is 3.60. The molecule has 0 N–H and O–H groups in total. The monoisotopic (exact) mass is 296 g/mol. The van der Waals surface area contributed by atoms with E-state index in [4.69, 9.17) is 4.74 Å². The van der Waals surface area contributed by atoms with Gasteiger partial charge in [-0.3, -0.25) is 9.59 Å². The van der Waals surface area contributed by atoms with Crippen LogP contribution in [0.4, 0.5) is 11.4 Å². The molecule has 0 atom stereocenters. The number of imide groups is 1. The number of rotatable bonds is 3. The van der Waals surface area contributed by atoms with E-state index in [2.05, 4.69) is 0 Å². The fourth-order valence-electron chi connectivity index (χ4n) is 2.50. The van der Waals surface area contributed by atoms with Crippen LogP contribution in [0.15, 0.2) is 54.6 Å². The molecule has 1 saturated heterocycles. The molecule has 1 aliphatic heterocycles. The van der Waals surface area contributed by atoms with Crippen molar-refractivity contribution in [3.05, 3.63) is 54.6 Å². The van der Waals surface area contributed by atoms with Crippen molar-refractivity contribution in [3.63, 3.8) is 0 Å². The van der Waals surface area contributed by atoms with Crippen LogP contribution in [-0.2, 0) is 9.59 Å². The molecule has 1 aliphatic rings. The highest BCUT2D eigenvalue weighted by Gasteiger charge is 2.32. The summed E-state index contributed by atoms with van der Waals surface area (Å²) in [6.07, 6.45) is 0. The van der Waals surface area contributed by atoms with Crippen LogP contribution >= 0.6 is 0 Å². The molecule has 0 saturated carbocycles. The van der Waals surface area contributed by atoms with Crippen LogP contribution < -0.4 is 14.5 Å². The highest BCUT2D eigenvalue weighted by atomic mass is 16.5. The van der Waals surface area contributed by atoms with Crippen LogP contribution in [0.1, 0.15) is 0 Å². The zero-order valence-electron chi connectivity index (χ0n) is 12.2. The summed E-state index contributed by atoms with van der Waals surface area (Å²) in [5.41, 5.74) is 1.45. The van der Waals surface area contributed by atoms with Crippen LogP contribution in [0, 0.1) is 0 Å². The molecule has 0 aromatic heterocycles. The summed E-state index contributed by atoms with van der Waals surface area (Å²) >= 11 is 0. The highest BCUT2D eigenvalue weighted by molar-refractivity contribution is 6.19. The third kappa shape index (κ3) is 2.65. The van der Waals surface area contributed by atoms with Crippen LogP contribution in [0.25, 0.3) is 0 Å². The summed E-state index contributed by atoms with van der Waals surface area (Å²) in [6, 6.07) is 16.4. The predicted octanol–water partition coefficient (Wildman–Crippen LogP) is 2.07. The minimum atomic E-state index is -0.231. The molecule has 0 spiro atoms. The van der Waals surface area contributed by atoms with Crippen molar-refractivity contribution < 1.29 is 14.3 Å². The molecule has 2 amide bonds. The fraction of sp³-hybridized carbons (Fsp3) is 0.176. The zero-order valence-corrected chi connectivity index (χ0v) is 12.2. The van der Waals surface area contributed by atoms with Gasteiger partial charge in [-0.25, -0.2) is 4.90 Å². The molecule has 2 aromatic carbocycles. The van der Waals surface area contributed by atoms with Crippen molar-refractivity contribution in [3.8, 4) is 5.75 Å². The zero-order chi connectivity index (χ0) is 15.5. The van der Waals surface area contributed by atoms with Crippen LogP contribution in [0.5, 0.6) is 5.75 Å². The molecule has 22 heavy (non-hydrogen) atoms. The Morgan fingerprint density at radius 3 is 1.95 bits per heavy atom. The van der Waals surface area contributed by atoms with Crippen molar-refractivity contribution in [1.29, 1.82) is 0 Å². The molecule has 5 heteroatoms. The summed E-state index contributed by atoms with van der Waals surface area (Å²) < 4.78 is 5.09. The molecule has 0 unspecified atom stereocenters. The van der Waals surface area contributed by atoms with Gasteiger partial charge in [-0.15, -0.1) is 0 Å². The minimum absolute atomic E-state index is 0.182. The van der Waals surface area contributed by atoms with Gasteiger partial charge in [-0.2, -0.15) is 0 Å². The number of carbonyl (C=O) groups is 2. The number of para-hydroxylation sites is 1. The second-order valence-electron chi connectivity index (χ2n) is 5.01. The Morgan fingerprint density at radius 2 is 1.41 bits per heavy atom. The molecular weight excluding hydrogens is 280 g/mol. The molecule has 0 aliphatic carbocycles. The molecule has 0 bridgehead atoms. The summed E-state index contributed by atoms with van der Waals surface area (Å²) in [5, 5.41) is 0. The van der Waals surface area contributed by atoms with E-state index in [-0.39, 0.29) is 24.9 Å². The summed E-state index contributed by atoms with van der Waals surface area (Å²) in [6.45, 7) is 0.365. The second kappa shape index (κ2) is 5.89. The lowest BCUT2D eigenvalue weighted by atomic mass is 10.2. The number of hydrogen-bond acceptors (Lipinski definition) is 4. The first-order chi connectivity index (χ1) is 10.7. The lowest BCUT2D eigenvalue weighted by molar-refractivity contribution is -0.126. The van der Waals surface area contributed by atoms with Gasteiger partial charge >= 0.3 is 0 Å². The predicted molar refractivity (Wildman–Crippen MR) is 84.1 cm³/mol. The maximum atomic E-state index is 12.4. The first-order valence-electron chi connectivity index (χ1n) is 6.99. The molecule has 1 fully saturated rings. The third-order valence-corrected chi connectivity index (χ3v) is 3.60. The first-order valence-corrected chi connectivity index (χ1v) is 6.99. The first kappa shape index (κ1) is 14.1. The van der Waals surface area contributed by atoms with E-state index in [9.17, 15) is 9.59 Å². The number of nitrogens with zero attached hydrogens (tertiary/aromatic N) is 2. The van der Waals surface area contributed by atoms with Gasteiger partial charge in [-0.05, 0) is 36.4 Å². The van der Waals surface area contributed by atoms with Crippen LogP contribution in [0.3, 0.4) is 0 Å². The van der Waals surface area contributed by atoms with Gasteiger partial charge in [0.25, 0.3) is 11.8 Å². The molecule has 0 radical (unpaired) electrons. The largest absolute Gasteiger partial charge is 0.497 e. The number of methoxy groups -OCH3 is 1. The quantitative estimate of drug-likeness (QED) is 0.814. The average molecular weight is 296 g/mol. The second-order valence-corrected chi connectivity index (χ2v) is 5.01. The van der Waals surface area contributed by atoms with Crippen LogP contribution in [-0.4, -0.2) is 32.0 Å². The van der Waals surface area contributed by atoms with E-state index in [1.165, 1.54) is 4.90 Å². The lowest BCUT2D eigenvalue weighted by Crippen LogP contribution is -2.54. The fourth-order valence-corrected chi connectivity index (χ4v) is 2.50. The van der Waals surface area contributed by atoms with Crippen molar-refractivity contribution in [2.75, 3.05) is 30.0 Å². The van der Waals surface area contributed by atoms with Gasteiger partial charge < -0.3 is 9.64 Å². The number of carbonyl (C=O) groups excluding carboxylic acids is 2. The highest BCUT2D eigenvalue weighted by Crippen LogP contribution is 2.23. The maximum absolute atomic E-state index is 12.4. The Hall–Kier alpha value is -2.82. The van der Waals surface area contributed by atoms with E-state index < -0.39 is 0 Å². The number of ether oxygens (including phenoxy) is 1. The lowest BCUT2D eigenvalue weighted by Gasteiger charge is -2.34. The Balaban J connectivity index is 1.81. The molecule has 112 valence electrons. The Morgan fingerprint density at radius 1 is 0.818 bits per heavy atom. The van der Waals surface area contributed by atoms with Crippen molar-refractivity contribution in [2.45, 2.75) is 0 Å². The molecule has 2 aromatic rings. The van der Waals surface area contributed by atoms with E-state index >= 15 is 0 Å². The Bertz CT molecular complexity index is 665. The van der Waals surface area contributed by atoms with Gasteiger partial charge in [0.2, 0.25) is 0 Å².